The summed E-state index contributed by atoms with van der Waals surface area (Å²) in [6, 6.07) is 0. The molecule has 0 aliphatic heterocycles. The number of hydrogen-bond donors (Lipinski definition) is 4. The lowest BCUT2D eigenvalue weighted by Gasteiger charge is -2.13. The number of hydrogen-bond acceptors (Lipinski definition) is 6. The molecule has 6 heteroatoms. The van der Waals surface area contributed by atoms with Crippen LogP contribution in [0.4, 0.5) is 0 Å². The zero-order chi connectivity index (χ0) is 13.6. The molecule has 0 saturated carbocycles. The molecule has 6 nitrogen and oxygen atoms in total. The van der Waals surface area contributed by atoms with Gasteiger partial charge in [0.05, 0.1) is 25.4 Å². The summed E-state index contributed by atoms with van der Waals surface area (Å²) in [7, 11) is 0. The summed E-state index contributed by atoms with van der Waals surface area (Å²) in [5.41, 5.74) is 0. The smallest absolute Gasteiger partial charge is 0.0897 e. The molecule has 0 amide bonds. The first-order valence-corrected chi connectivity index (χ1v) is 6.63. The van der Waals surface area contributed by atoms with Gasteiger partial charge in [-0.1, -0.05) is 0 Å². The van der Waals surface area contributed by atoms with Gasteiger partial charge in [-0.15, -0.1) is 0 Å². The fourth-order valence-electron chi connectivity index (χ4n) is 1.34. The molecule has 2 atom stereocenters. The molecule has 0 unspecified atom stereocenters. The Bertz CT molecular complexity index is 154. The van der Waals surface area contributed by atoms with E-state index in [2.05, 4.69) is 10.6 Å². The molecule has 0 aliphatic carbocycles. The van der Waals surface area contributed by atoms with Crippen LogP contribution >= 0.6 is 0 Å². The van der Waals surface area contributed by atoms with E-state index < -0.39 is 12.2 Å². The number of nitrogens with one attached hydrogen (secondary N) is 2. The van der Waals surface area contributed by atoms with Crippen molar-refractivity contribution in [1.82, 2.24) is 10.6 Å². The molecule has 0 saturated heterocycles. The van der Waals surface area contributed by atoms with Gasteiger partial charge in [0.25, 0.3) is 0 Å². The van der Waals surface area contributed by atoms with Crippen LogP contribution in [-0.4, -0.2) is 75.0 Å². The second-order valence-electron chi connectivity index (χ2n) is 4.03. The summed E-state index contributed by atoms with van der Waals surface area (Å²) in [4.78, 5) is 0. The Kier molecular flexibility index (Phi) is 13.0. The molecule has 0 heterocycles. The molecule has 110 valence electrons. The van der Waals surface area contributed by atoms with Crippen LogP contribution in [0, 0.1) is 0 Å². The van der Waals surface area contributed by atoms with E-state index in [-0.39, 0.29) is 0 Å². The van der Waals surface area contributed by atoms with Crippen molar-refractivity contribution in [3.63, 3.8) is 0 Å². The van der Waals surface area contributed by atoms with Crippen molar-refractivity contribution in [3.05, 3.63) is 0 Å². The molecule has 0 fully saturated rings. The van der Waals surface area contributed by atoms with Gasteiger partial charge in [-0.05, 0) is 13.8 Å². The molecule has 0 radical (unpaired) electrons. The minimum absolute atomic E-state index is 0.365. The molecule has 0 aromatic heterocycles. The Morgan fingerprint density at radius 3 is 1.56 bits per heavy atom. The van der Waals surface area contributed by atoms with Crippen LogP contribution < -0.4 is 10.6 Å². The standard InChI is InChI=1S/C12H28N2O4/c1-3-17-9-11(15)7-13-5-6-14-8-12(16)10-18-4-2/h11-16H,3-10H2,1-2H3/t11-,12-/m1/s1. The third-order valence-electron chi connectivity index (χ3n) is 2.27. The lowest BCUT2D eigenvalue weighted by atomic mass is 10.3. The second-order valence-corrected chi connectivity index (χ2v) is 4.03. The average molecular weight is 264 g/mol. The van der Waals surface area contributed by atoms with Crippen LogP contribution in [0.25, 0.3) is 0 Å². The molecule has 0 rings (SSSR count). The molecule has 0 bridgehead atoms. The summed E-state index contributed by atoms with van der Waals surface area (Å²) < 4.78 is 10.2. The fraction of sp³-hybridized carbons (Fsp3) is 1.00. The van der Waals surface area contributed by atoms with Crippen molar-refractivity contribution < 1.29 is 19.7 Å². The summed E-state index contributed by atoms with van der Waals surface area (Å²) >= 11 is 0. The quantitative estimate of drug-likeness (QED) is 0.318. The van der Waals surface area contributed by atoms with E-state index in [1.807, 2.05) is 13.8 Å². The van der Waals surface area contributed by atoms with E-state index in [1.165, 1.54) is 0 Å². The highest BCUT2D eigenvalue weighted by molar-refractivity contribution is 4.62. The zero-order valence-corrected chi connectivity index (χ0v) is 11.5. The Balaban J connectivity index is 3.19. The van der Waals surface area contributed by atoms with Crippen LogP contribution in [0.2, 0.25) is 0 Å². The Labute approximate surface area is 110 Å². The van der Waals surface area contributed by atoms with Crippen LogP contribution in [-0.2, 0) is 9.47 Å². The predicted molar refractivity (Wildman–Crippen MR) is 70.7 cm³/mol. The van der Waals surface area contributed by atoms with E-state index >= 15 is 0 Å². The van der Waals surface area contributed by atoms with Gasteiger partial charge >= 0.3 is 0 Å². The molecule has 4 N–H and O–H groups in total. The molecular weight excluding hydrogens is 236 g/mol. The Hall–Kier alpha value is -0.240. The molecule has 0 aromatic carbocycles. The number of aliphatic hydroxyl groups is 2. The van der Waals surface area contributed by atoms with E-state index in [4.69, 9.17) is 9.47 Å². The van der Waals surface area contributed by atoms with Gasteiger partial charge in [0, 0.05) is 39.4 Å². The van der Waals surface area contributed by atoms with Gasteiger partial charge in [0.1, 0.15) is 0 Å². The van der Waals surface area contributed by atoms with Crippen molar-refractivity contribution in [2.75, 3.05) is 52.6 Å². The van der Waals surface area contributed by atoms with E-state index in [0.29, 0.717) is 39.5 Å². The third-order valence-corrected chi connectivity index (χ3v) is 2.27. The van der Waals surface area contributed by atoms with Gasteiger partial charge in [-0.25, -0.2) is 0 Å². The first-order chi connectivity index (χ1) is 8.70. The third kappa shape index (κ3) is 12.2. The van der Waals surface area contributed by atoms with Crippen molar-refractivity contribution in [1.29, 1.82) is 0 Å². The van der Waals surface area contributed by atoms with Gasteiger partial charge in [0.2, 0.25) is 0 Å². The van der Waals surface area contributed by atoms with Gasteiger partial charge in [-0.2, -0.15) is 0 Å². The first kappa shape index (κ1) is 17.8. The molecular formula is C12H28N2O4. The van der Waals surface area contributed by atoms with E-state index in [9.17, 15) is 10.2 Å². The highest BCUT2D eigenvalue weighted by atomic mass is 16.5. The number of rotatable bonds is 13. The summed E-state index contributed by atoms with van der Waals surface area (Å²) in [5.74, 6) is 0. The zero-order valence-electron chi connectivity index (χ0n) is 11.5. The maximum absolute atomic E-state index is 9.46. The molecule has 0 aromatic rings. The normalized spacial score (nSPS) is 14.7. The second kappa shape index (κ2) is 13.2. The first-order valence-electron chi connectivity index (χ1n) is 6.63. The SMILES string of the molecule is CCOC[C@H](O)CNCCNC[C@@H](O)COCC. The Morgan fingerprint density at radius 1 is 0.833 bits per heavy atom. The molecule has 18 heavy (non-hydrogen) atoms. The van der Waals surface area contributed by atoms with Gasteiger partial charge < -0.3 is 30.3 Å². The van der Waals surface area contributed by atoms with Gasteiger partial charge in [0.15, 0.2) is 0 Å². The van der Waals surface area contributed by atoms with Crippen LogP contribution in [0.1, 0.15) is 13.8 Å². The number of ether oxygens (including phenoxy) is 2. The summed E-state index contributed by atoms with van der Waals surface area (Å²) in [6.45, 7) is 8.29. The van der Waals surface area contributed by atoms with Crippen LogP contribution in [0.3, 0.4) is 0 Å². The molecule has 0 spiro atoms. The van der Waals surface area contributed by atoms with Gasteiger partial charge in [-0.3, -0.25) is 0 Å². The minimum atomic E-state index is -0.464. The number of aliphatic hydroxyl groups excluding tert-OH is 2. The van der Waals surface area contributed by atoms with Crippen LogP contribution in [0.5, 0.6) is 0 Å². The van der Waals surface area contributed by atoms with E-state index in [1.54, 1.807) is 0 Å². The Morgan fingerprint density at radius 2 is 1.22 bits per heavy atom. The monoisotopic (exact) mass is 264 g/mol. The largest absolute Gasteiger partial charge is 0.389 e. The summed E-state index contributed by atoms with van der Waals surface area (Å²) in [6.07, 6.45) is -0.929. The lowest BCUT2D eigenvalue weighted by molar-refractivity contribution is 0.0412. The molecule has 0 aliphatic rings. The van der Waals surface area contributed by atoms with Crippen molar-refractivity contribution in [2.24, 2.45) is 0 Å². The maximum Gasteiger partial charge on any atom is 0.0897 e. The summed E-state index contributed by atoms with van der Waals surface area (Å²) in [5, 5.41) is 25.1. The maximum atomic E-state index is 9.46. The average Bonchev–Trinajstić information content (AvgIpc) is 2.37. The topological polar surface area (TPSA) is 83.0 Å². The highest BCUT2D eigenvalue weighted by Gasteiger charge is 2.04. The predicted octanol–water partition coefficient (Wildman–Crippen LogP) is -1.04. The van der Waals surface area contributed by atoms with Crippen molar-refractivity contribution in [2.45, 2.75) is 26.1 Å². The van der Waals surface area contributed by atoms with Crippen LogP contribution in [0.15, 0.2) is 0 Å². The lowest BCUT2D eigenvalue weighted by Crippen LogP contribution is -2.37. The fourth-order valence-corrected chi connectivity index (χ4v) is 1.34. The van der Waals surface area contributed by atoms with E-state index in [0.717, 1.165) is 13.1 Å². The van der Waals surface area contributed by atoms with Crippen molar-refractivity contribution >= 4 is 0 Å². The van der Waals surface area contributed by atoms with Crippen molar-refractivity contribution in [3.8, 4) is 0 Å². The highest BCUT2D eigenvalue weighted by Crippen LogP contribution is 1.84. The minimum Gasteiger partial charge on any atom is -0.389 e.